The smallest absolute Gasteiger partial charge is 0.422 e. The maximum absolute atomic E-state index is 12.0. The molecule has 1 aromatic carbocycles. The largest absolute Gasteiger partial charge is 0.484 e. The number of amides is 1. The molecule has 0 saturated heterocycles. The minimum Gasteiger partial charge on any atom is -0.484 e. The first-order valence-corrected chi connectivity index (χ1v) is 6.92. The maximum atomic E-state index is 12.0. The van der Waals surface area contributed by atoms with Gasteiger partial charge in [-0.1, -0.05) is 26.0 Å². The molecular weight excluding hydrogens is 283 g/mol. The number of nitrogens with one attached hydrogen (secondary N) is 1. The average molecular weight is 303 g/mol. The molecule has 1 aromatic rings. The molecule has 118 valence electrons. The second kappa shape index (κ2) is 7.90. The van der Waals surface area contributed by atoms with Gasteiger partial charge in [-0.05, 0) is 30.5 Å². The van der Waals surface area contributed by atoms with Crippen LogP contribution in [-0.4, -0.2) is 18.7 Å². The normalized spacial score (nSPS) is 11.5. The zero-order valence-electron chi connectivity index (χ0n) is 12.2. The van der Waals surface area contributed by atoms with E-state index in [0.717, 1.165) is 18.4 Å². The van der Waals surface area contributed by atoms with Gasteiger partial charge in [0, 0.05) is 12.5 Å². The van der Waals surface area contributed by atoms with Crippen molar-refractivity contribution >= 4 is 5.91 Å². The third-order valence-electron chi connectivity index (χ3n) is 3.15. The van der Waals surface area contributed by atoms with Gasteiger partial charge in [0.25, 0.3) is 0 Å². The van der Waals surface area contributed by atoms with Crippen molar-refractivity contribution in [2.45, 2.75) is 39.4 Å². The van der Waals surface area contributed by atoms with Gasteiger partial charge in [-0.3, -0.25) is 4.79 Å². The number of benzene rings is 1. The quantitative estimate of drug-likeness (QED) is 0.834. The molecule has 0 saturated carbocycles. The highest BCUT2D eigenvalue weighted by Crippen LogP contribution is 2.19. The van der Waals surface area contributed by atoms with E-state index < -0.39 is 12.8 Å². The van der Waals surface area contributed by atoms with Gasteiger partial charge in [-0.25, -0.2) is 0 Å². The zero-order valence-corrected chi connectivity index (χ0v) is 12.2. The van der Waals surface area contributed by atoms with E-state index >= 15 is 0 Å². The van der Waals surface area contributed by atoms with Gasteiger partial charge < -0.3 is 10.1 Å². The third-order valence-corrected chi connectivity index (χ3v) is 3.15. The van der Waals surface area contributed by atoms with Crippen LogP contribution in [0.5, 0.6) is 5.75 Å². The molecule has 6 heteroatoms. The van der Waals surface area contributed by atoms with Gasteiger partial charge in [0.2, 0.25) is 5.91 Å². The first-order valence-electron chi connectivity index (χ1n) is 6.92. The summed E-state index contributed by atoms with van der Waals surface area (Å²) in [6.07, 6.45) is -2.78. The molecule has 0 unspecified atom stereocenters. The third kappa shape index (κ3) is 6.51. The van der Waals surface area contributed by atoms with Crippen molar-refractivity contribution in [3.63, 3.8) is 0 Å². The van der Waals surface area contributed by atoms with E-state index in [1.54, 1.807) is 12.1 Å². The van der Waals surface area contributed by atoms with Gasteiger partial charge in [0.1, 0.15) is 5.75 Å². The zero-order chi connectivity index (χ0) is 15.9. The summed E-state index contributed by atoms with van der Waals surface area (Å²) < 4.78 is 40.6. The number of hydrogen-bond donors (Lipinski definition) is 1. The summed E-state index contributed by atoms with van der Waals surface area (Å²) in [6, 6.07) is 6.20. The second-order valence-electron chi connectivity index (χ2n) is 4.78. The fourth-order valence-electron chi connectivity index (χ4n) is 1.86. The van der Waals surface area contributed by atoms with Crippen LogP contribution in [0.15, 0.2) is 24.3 Å². The van der Waals surface area contributed by atoms with Crippen molar-refractivity contribution in [1.29, 1.82) is 0 Å². The molecule has 1 rings (SSSR count). The second-order valence-corrected chi connectivity index (χ2v) is 4.78. The maximum Gasteiger partial charge on any atom is 0.422 e. The molecule has 0 spiro atoms. The Balaban J connectivity index is 2.46. The summed E-state index contributed by atoms with van der Waals surface area (Å²) in [5.74, 6) is 0.152. The summed E-state index contributed by atoms with van der Waals surface area (Å²) in [6.45, 7) is 2.97. The minimum atomic E-state index is -4.35. The van der Waals surface area contributed by atoms with E-state index in [0.29, 0.717) is 6.54 Å². The molecule has 0 aliphatic carbocycles. The van der Waals surface area contributed by atoms with Crippen LogP contribution in [0.2, 0.25) is 0 Å². The summed E-state index contributed by atoms with van der Waals surface area (Å²) in [7, 11) is 0. The standard InChI is InChI=1S/C15H20F3NO2/c1-3-12(4-2)14(20)19-9-11-5-7-13(8-6-11)21-10-15(16,17)18/h5-8,12H,3-4,9-10H2,1-2H3,(H,19,20). The number of rotatable bonds is 7. The van der Waals surface area contributed by atoms with Gasteiger partial charge in [0.05, 0.1) is 0 Å². The Kier molecular flexibility index (Phi) is 6.52. The van der Waals surface area contributed by atoms with Gasteiger partial charge in [-0.15, -0.1) is 0 Å². The van der Waals surface area contributed by atoms with Crippen LogP contribution in [0.3, 0.4) is 0 Å². The van der Waals surface area contributed by atoms with Crippen molar-refractivity contribution in [2.75, 3.05) is 6.61 Å². The molecule has 0 atom stereocenters. The van der Waals surface area contributed by atoms with Crippen molar-refractivity contribution in [3.8, 4) is 5.75 Å². The van der Waals surface area contributed by atoms with Crippen LogP contribution >= 0.6 is 0 Å². The highest BCUT2D eigenvalue weighted by molar-refractivity contribution is 5.78. The Bertz CT molecular complexity index is 439. The fourth-order valence-corrected chi connectivity index (χ4v) is 1.86. The molecular formula is C15H20F3NO2. The topological polar surface area (TPSA) is 38.3 Å². The van der Waals surface area contributed by atoms with Crippen molar-refractivity contribution < 1.29 is 22.7 Å². The molecule has 0 aliphatic rings. The van der Waals surface area contributed by atoms with E-state index in [9.17, 15) is 18.0 Å². The molecule has 21 heavy (non-hydrogen) atoms. The molecule has 0 bridgehead atoms. The molecule has 0 heterocycles. The molecule has 0 radical (unpaired) electrons. The van der Waals surface area contributed by atoms with Crippen LogP contribution in [0.25, 0.3) is 0 Å². The van der Waals surface area contributed by atoms with E-state index in [1.807, 2.05) is 13.8 Å². The lowest BCUT2D eigenvalue weighted by Crippen LogP contribution is -2.29. The molecule has 0 aromatic heterocycles. The summed E-state index contributed by atoms with van der Waals surface area (Å²) in [5, 5.41) is 2.82. The average Bonchev–Trinajstić information content (AvgIpc) is 2.44. The van der Waals surface area contributed by atoms with Gasteiger partial charge in [-0.2, -0.15) is 13.2 Å². The van der Waals surface area contributed by atoms with Crippen LogP contribution in [-0.2, 0) is 11.3 Å². The predicted octanol–water partition coefficient (Wildman–Crippen LogP) is 3.68. The Morgan fingerprint density at radius 2 is 1.76 bits per heavy atom. The Morgan fingerprint density at radius 3 is 2.24 bits per heavy atom. The minimum absolute atomic E-state index is 0.000563. The van der Waals surface area contributed by atoms with E-state index in [2.05, 4.69) is 10.1 Å². The number of hydrogen-bond acceptors (Lipinski definition) is 2. The number of halogens is 3. The molecule has 1 N–H and O–H groups in total. The Labute approximate surface area is 122 Å². The lowest BCUT2D eigenvalue weighted by atomic mass is 10.0. The van der Waals surface area contributed by atoms with Crippen LogP contribution < -0.4 is 10.1 Å². The SMILES string of the molecule is CCC(CC)C(=O)NCc1ccc(OCC(F)(F)F)cc1. The lowest BCUT2D eigenvalue weighted by molar-refractivity contribution is -0.153. The Morgan fingerprint density at radius 1 is 1.19 bits per heavy atom. The monoisotopic (exact) mass is 303 g/mol. The first-order chi connectivity index (χ1) is 9.85. The van der Waals surface area contributed by atoms with Crippen molar-refractivity contribution in [1.82, 2.24) is 5.32 Å². The van der Waals surface area contributed by atoms with Crippen LogP contribution in [0.4, 0.5) is 13.2 Å². The predicted molar refractivity (Wildman–Crippen MR) is 73.9 cm³/mol. The van der Waals surface area contributed by atoms with E-state index in [4.69, 9.17) is 0 Å². The highest BCUT2D eigenvalue weighted by atomic mass is 19.4. The number of carbonyl (C=O) groups excluding carboxylic acids is 1. The van der Waals surface area contributed by atoms with Gasteiger partial charge in [0.15, 0.2) is 6.61 Å². The molecule has 0 fully saturated rings. The fraction of sp³-hybridized carbons (Fsp3) is 0.533. The summed E-state index contributed by atoms with van der Waals surface area (Å²) in [5.41, 5.74) is 0.814. The number of ether oxygens (including phenoxy) is 1. The van der Waals surface area contributed by atoms with Crippen LogP contribution in [0, 0.1) is 5.92 Å². The summed E-state index contributed by atoms with van der Waals surface area (Å²) >= 11 is 0. The van der Waals surface area contributed by atoms with Crippen molar-refractivity contribution in [3.05, 3.63) is 29.8 Å². The van der Waals surface area contributed by atoms with E-state index in [-0.39, 0.29) is 17.6 Å². The molecule has 3 nitrogen and oxygen atoms in total. The highest BCUT2D eigenvalue weighted by Gasteiger charge is 2.28. The van der Waals surface area contributed by atoms with Crippen molar-refractivity contribution in [2.24, 2.45) is 5.92 Å². The first kappa shape index (κ1) is 17.3. The Hall–Kier alpha value is -1.72. The van der Waals surface area contributed by atoms with E-state index in [1.165, 1.54) is 12.1 Å². The van der Waals surface area contributed by atoms with Crippen LogP contribution in [0.1, 0.15) is 32.3 Å². The lowest BCUT2D eigenvalue weighted by Gasteiger charge is -2.13. The number of carbonyl (C=O) groups is 1. The number of alkyl halides is 3. The molecule has 0 aliphatic heterocycles. The van der Waals surface area contributed by atoms with Gasteiger partial charge >= 0.3 is 6.18 Å². The molecule has 1 amide bonds. The summed E-state index contributed by atoms with van der Waals surface area (Å²) in [4.78, 5) is 11.8.